The molecular formula is C8H11N3O2. The van der Waals surface area contributed by atoms with Crippen molar-refractivity contribution in [3.05, 3.63) is 18.0 Å². The molecule has 0 aliphatic carbocycles. The monoisotopic (exact) mass is 181 g/mol. The number of carbonyl (C=O) groups is 1. The predicted molar refractivity (Wildman–Crippen MR) is 47.1 cm³/mol. The van der Waals surface area contributed by atoms with E-state index in [0.29, 0.717) is 5.56 Å². The summed E-state index contributed by atoms with van der Waals surface area (Å²) in [6.45, 7) is 3.18. The number of anilines is 1. The molecule has 0 fully saturated rings. The maximum atomic E-state index is 10.8. The Labute approximate surface area is 75.6 Å². The van der Waals surface area contributed by atoms with Crippen molar-refractivity contribution in [2.45, 2.75) is 19.3 Å². The zero-order chi connectivity index (χ0) is 10.1. The van der Waals surface area contributed by atoms with E-state index >= 15 is 0 Å². The molecule has 1 aromatic heterocycles. The lowest BCUT2D eigenvalue weighted by atomic mass is 9.87. The Kier molecular flexibility index (Phi) is 2.18. The number of nitrogens with zero attached hydrogens (tertiary/aromatic N) is 2. The van der Waals surface area contributed by atoms with Crippen LogP contribution in [0.5, 0.6) is 0 Å². The minimum Gasteiger partial charge on any atom is -0.481 e. The largest absolute Gasteiger partial charge is 0.481 e. The summed E-state index contributed by atoms with van der Waals surface area (Å²) in [5, 5.41) is 8.88. The van der Waals surface area contributed by atoms with Gasteiger partial charge in [-0.05, 0) is 13.8 Å². The third-order valence-electron chi connectivity index (χ3n) is 1.93. The number of hydrogen-bond acceptors (Lipinski definition) is 4. The van der Waals surface area contributed by atoms with Gasteiger partial charge < -0.3 is 10.8 Å². The molecule has 1 aromatic rings. The van der Waals surface area contributed by atoms with Gasteiger partial charge in [0.15, 0.2) is 0 Å². The highest BCUT2D eigenvalue weighted by molar-refractivity contribution is 5.79. The molecule has 1 rings (SSSR count). The van der Waals surface area contributed by atoms with Gasteiger partial charge in [-0.1, -0.05) is 0 Å². The molecule has 0 amide bonds. The molecule has 0 aromatic carbocycles. The fraction of sp³-hybridized carbons (Fsp3) is 0.375. The Bertz CT molecular complexity index is 319. The van der Waals surface area contributed by atoms with Crippen molar-refractivity contribution in [3.8, 4) is 0 Å². The summed E-state index contributed by atoms with van der Waals surface area (Å²) in [6.07, 6.45) is 2.85. The van der Waals surface area contributed by atoms with Crippen LogP contribution in [0.25, 0.3) is 0 Å². The van der Waals surface area contributed by atoms with E-state index in [9.17, 15) is 4.79 Å². The highest BCUT2D eigenvalue weighted by Gasteiger charge is 2.29. The zero-order valence-corrected chi connectivity index (χ0v) is 7.48. The summed E-state index contributed by atoms with van der Waals surface area (Å²) in [5.74, 6) is -0.772. The standard InChI is InChI=1S/C8H11N3O2/c1-8(2,6(12)13)5-3-10-7(9)11-4-5/h3-4H,1-2H3,(H,12,13)(H2,9,10,11). The molecule has 1 heterocycles. The van der Waals surface area contributed by atoms with E-state index < -0.39 is 11.4 Å². The molecule has 5 nitrogen and oxygen atoms in total. The van der Waals surface area contributed by atoms with Crippen LogP contribution in [-0.4, -0.2) is 21.0 Å². The van der Waals surface area contributed by atoms with E-state index in [-0.39, 0.29) is 5.95 Å². The van der Waals surface area contributed by atoms with Gasteiger partial charge in [0.2, 0.25) is 5.95 Å². The van der Waals surface area contributed by atoms with Crippen LogP contribution in [0.4, 0.5) is 5.95 Å². The topological polar surface area (TPSA) is 89.1 Å². The minimum absolute atomic E-state index is 0.143. The molecule has 0 aliphatic rings. The average molecular weight is 181 g/mol. The first kappa shape index (κ1) is 9.44. The quantitative estimate of drug-likeness (QED) is 0.690. The lowest BCUT2D eigenvalue weighted by molar-refractivity contribution is -0.142. The third-order valence-corrected chi connectivity index (χ3v) is 1.93. The molecule has 5 heteroatoms. The van der Waals surface area contributed by atoms with Crippen LogP contribution >= 0.6 is 0 Å². The molecule has 70 valence electrons. The number of carboxylic acid groups (broad SMARTS) is 1. The van der Waals surface area contributed by atoms with Crippen LogP contribution in [-0.2, 0) is 10.2 Å². The number of hydrogen-bond donors (Lipinski definition) is 2. The van der Waals surface area contributed by atoms with Gasteiger partial charge in [0.1, 0.15) is 0 Å². The first-order valence-electron chi connectivity index (χ1n) is 3.76. The van der Waals surface area contributed by atoms with Gasteiger partial charge in [0, 0.05) is 18.0 Å². The molecule has 13 heavy (non-hydrogen) atoms. The van der Waals surface area contributed by atoms with Crippen molar-refractivity contribution in [2.75, 3.05) is 5.73 Å². The Morgan fingerprint density at radius 2 is 1.92 bits per heavy atom. The van der Waals surface area contributed by atoms with Gasteiger partial charge in [-0.15, -0.1) is 0 Å². The molecular weight excluding hydrogens is 170 g/mol. The van der Waals surface area contributed by atoms with Crippen molar-refractivity contribution in [1.82, 2.24) is 9.97 Å². The normalized spacial score (nSPS) is 11.2. The van der Waals surface area contributed by atoms with E-state index in [1.54, 1.807) is 13.8 Å². The number of aliphatic carboxylic acids is 1. The van der Waals surface area contributed by atoms with Crippen LogP contribution in [0, 0.1) is 0 Å². The highest BCUT2D eigenvalue weighted by Crippen LogP contribution is 2.21. The first-order valence-corrected chi connectivity index (χ1v) is 3.76. The molecule has 0 saturated heterocycles. The fourth-order valence-electron chi connectivity index (χ4n) is 0.784. The molecule has 0 bridgehead atoms. The third kappa shape index (κ3) is 1.74. The van der Waals surface area contributed by atoms with Crippen molar-refractivity contribution in [2.24, 2.45) is 0 Å². The van der Waals surface area contributed by atoms with Gasteiger partial charge >= 0.3 is 5.97 Å². The van der Waals surface area contributed by atoms with E-state index in [2.05, 4.69) is 9.97 Å². The first-order chi connectivity index (χ1) is 5.94. The maximum absolute atomic E-state index is 10.8. The lowest BCUT2D eigenvalue weighted by Crippen LogP contribution is -2.28. The van der Waals surface area contributed by atoms with Crippen molar-refractivity contribution < 1.29 is 9.90 Å². The smallest absolute Gasteiger partial charge is 0.313 e. The van der Waals surface area contributed by atoms with Gasteiger partial charge in [-0.2, -0.15) is 0 Å². The molecule has 0 saturated carbocycles. The zero-order valence-electron chi connectivity index (χ0n) is 7.48. The van der Waals surface area contributed by atoms with Crippen molar-refractivity contribution in [3.63, 3.8) is 0 Å². The van der Waals surface area contributed by atoms with Gasteiger partial charge in [0.05, 0.1) is 5.41 Å². The number of aromatic nitrogens is 2. The van der Waals surface area contributed by atoms with Crippen molar-refractivity contribution >= 4 is 11.9 Å². The molecule has 0 atom stereocenters. The van der Waals surface area contributed by atoms with E-state index in [4.69, 9.17) is 10.8 Å². The van der Waals surface area contributed by atoms with Crippen molar-refractivity contribution in [1.29, 1.82) is 0 Å². The van der Waals surface area contributed by atoms with Crippen LogP contribution < -0.4 is 5.73 Å². The molecule has 3 N–H and O–H groups in total. The fourth-order valence-corrected chi connectivity index (χ4v) is 0.784. The second-order valence-electron chi connectivity index (χ2n) is 3.26. The number of nitrogen functional groups attached to an aromatic ring is 1. The Morgan fingerprint density at radius 1 is 1.46 bits per heavy atom. The number of nitrogens with two attached hydrogens (primary N) is 1. The summed E-state index contributed by atoms with van der Waals surface area (Å²) < 4.78 is 0. The van der Waals surface area contributed by atoms with Crippen LogP contribution in [0.1, 0.15) is 19.4 Å². The van der Waals surface area contributed by atoms with Gasteiger partial charge in [0.25, 0.3) is 0 Å². The summed E-state index contributed by atoms with van der Waals surface area (Å²) in [5.41, 5.74) is 4.83. The molecule has 0 radical (unpaired) electrons. The Morgan fingerprint density at radius 3 is 2.31 bits per heavy atom. The van der Waals surface area contributed by atoms with E-state index in [1.165, 1.54) is 12.4 Å². The summed E-state index contributed by atoms with van der Waals surface area (Å²) >= 11 is 0. The maximum Gasteiger partial charge on any atom is 0.313 e. The Balaban J connectivity index is 3.08. The van der Waals surface area contributed by atoms with Crippen LogP contribution in [0.2, 0.25) is 0 Å². The van der Waals surface area contributed by atoms with Crippen LogP contribution in [0.15, 0.2) is 12.4 Å². The predicted octanol–water partition coefficient (Wildman–Crippen LogP) is 0.421. The SMILES string of the molecule is CC(C)(C(=O)O)c1cnc(N)nc1. The second-order valence-corrected chi connectivity index (χ2v) is 3.26. The second kappa shape index (κ2) is 3.01. The summed E-state index contributed by atoms with van der Waals surface area (Å²) in [7, 11) is 0. The van der Waals surface area contributed by atoms with Gasteiger partial charge in [-0.25, -0.2) is 9.97 Å². The van der Waals surface area contributed by atoms with Gasteiger partial charge in [-0.3, -0.25) is 4.79 Å². The van der Waals surface area contributed by atoms with Crippen LogP contribution in [0.3, 0.4) is 0 Å². The number of carboxylic acids is 1. The van der Waals surface area contributed by atoms with E-state index in [1.807, 2.05) is 0 Å². The molecule has 0 aliphatic heterocycles. The minimum atomic E-state index is -0.978. The highest BCUT2D eigenvalue weighted by atomic mass is 16.4. The molecule has 0 spiro atoms. The van der Waals surface area contributed by atoms with E-state index in [0.717, 1.165) is 0 Å². The summed E-state index contributed by atoms with van der Waals surface area (Å²) in [4.78, 5) is 18.3. The Hall–Kier alpha value is -1.65. The summed E-state index contributed by atoms with van der Waals surface area (Å²) in [6, 6.07) is 0. The lowest BCUT2D eigenvalue weighted by Gasteiger charge is -2.18. The average Bonchev–Trinajstić information content (AvgIpc) is 2.04. The molecule has 0 unspecified atom stereocenters. The number of rotatable bonds is 2.